The molecule has 0 aliphatic carbocycles. The van der Waals surface area contributed by atoms with Gasteiger partial charge >= 0.3 is 21.7 Å². The standard InChI is InChI=1S/C34H41F3N4O6SSi/c1-33(2,3)46-32(42)40-15-7-8-29(40)31-39-21-30(41(31)22-45-16-17-49(4,5)6)26-12-14-28(38-20-26)25-10-9-24-19-27(13-11-23(24)18-25)47-48(43,44)34(35,36)37/h9-14,18-21,29H,7-8,15-17,22H2,1-6H3. The Morgan fingerprint density at radius 2 is 1.65 bits per heavy atom. The Bertz CT molecular complexity index is 1920. The Hall–Kier alpha value is -3.95. The molecule has 1 unspecified atom stereocenters. The number of carbonyl (C=O) groups is 1. The van der Waals surface area contributed by atoms with Gasteiger partial charge in [-0.3, -0.25) is 9.88 Å². The molecule has 1 aliphatic heterocycles. The topological polar surface area (TPSA) is 113 Å². The van der Waals surface area contributed by atoms with Crippen LogP contribution >= 0.6 is 0 Å². The van der Waals surface area contributed by atoms with Crippen molar-refractivity contribution in [1.29, 1.82) is 0 Å². The first kappa shape index (κ1) is 36.3. The minimum Gasteiger partial charge on any atom is -0.444 e. The molecule has 2 aromatic carbocycles. The van der Waals surface area contributed by atoms with Crippen molar-refractivity contribution in [3.05, 3.63) is 66.7 Å². The number of aromatic nitrogens is 3. The van der Waals surface area contributed by atoms with Crippen LogP contribution in [0.25, 0.3) is 33.3 Å². The Labute approximate surface area is 285 Å². The van der Waals surface area contributed by atoms with Crippen molar-refractivity contribution >= 4 is 35.1 Å². The van der Waals surface area contributed by atoms with Crippen molar-refractivity contribution < 1.29 is 40.0 Å². The van der Waals surface area contributed by atoms with Crippen LogP contribution in [0.5, 0.6) is 5.75 Å². The molecule has 0 N–H and O–H groups in total. The summed E-state index contributed by atoms with van der Waals surface area (Å²) in [6.45, 7) is 13.9. The fraction of sp³-hybridized carbons (Fsp3) is 0.441. The van der Waals surface area contributed by atoms with Crippen LogP contribution in [-0.2, 0) is 26.3 Å². The van der Waals surface area contributed by atoms with Gasteiger partial charge in [0, 0.05) is 38.5 Å². The fourth-order valence-corrected chi connectivity index (χ4v) is 6.66. The monoisotopic (exact) mass is 718 g/mol. The molecular formula is C34H41F3N4O6SSi. The predicted octanol–water partition coefficient (Wildman–Crippen LogP) is 8.38. The molecule has 0 saturated carbocycles. The van der Waals surface area contributed by atoms with E-state index in [1.807, 2.05) is 37.5 Å². The molecule has 0 bridgehead atoms. The molecule has 3 heterocycles. The van der Waals surface area contributed by atoms with E-state index in [-0.39, 0.29) is 18.9 Å². The number of carbonyl (C=O) groups excluding carboxylic acids is 1. The first-order valence-corrected chi connectivity index (χ1v) is 21.1. The molecule has 2 aromatic heterocycles. The summed E-state index contributed by atoms with van der Waals surface area (Å²) in [5.74, 6) is 0.281. The highest BCUT2D eigenvalue weighted by molar-refractivity contribution is 7.88. The average Bonchev–Trinajstić information content (AvgIpc) is 3.64. The molecule has 264 valence electrons. The van der Waals surface area contributed by atoms with E-state index in [9.17, 15) is 26.4 Å². The molecule has 1 atom stereocenters. The van der Waals surface area contributed by atoms with Crippen molar-refractivity contribution in [3.8, 4) is 28.3 Å². The van der Waals surface area contributed by atoms with E-state index in [1.54, 1.807) is 35.5 Å². The van der Waals surface area contributed by atoms with Gasteiger partial charge in [-0.2, -0.15) is 21.6 Å². The van der Waals surface area contributed by atoms with Crippen LogP contribution in [0.15, 0.2) is 60.9 Å². The van der Waals surface area contributed by atoms with Crippen LogP contribution in [-0.4, -0.2) is 66.3 Å². The lowest BCUT2D eigenvalue weighted by Crippen LogP contribution is -2.37. The van der Waals surface area contributed by atoms with Gasteiger partial charge in [-0.1, -0.05) is 37.8 Å². The largest absolute Gasteiger partial charge is 0.534 e. The highest BCUT2D eigenvalue weighted by atomic mass is 32.2. The normalized spacial score (nSPS) is 15.9. The van der Waals surface area contributed by atoms with Crippen LogP contribution in [0.4, 0.5) is 18.0 Å². The van der Waals surface area contributed by atoms with E-state index >= 15 is 0 Å². The highest BCUT2D eigenvalue weighted by Gasteiger charge is 2.48. The second kappa shape index (κ2) is 13.7. The summed E-state index contributed by atoms with van der Waals surface area (Å²) >= 11 is 0. The molecule has 15 heteroatoms. The molecular weight excluding hydrogens is 678 g/mol. The third kappa shape index (κ3) is 8.80. The zero-order chi connectivity index (χ0) is 35.8. The number of halogens is 3. The quantitative estimate of drug-likeness (QED) is 0.0696. The first-order valence-electron chi connectivity index (χ1n) is 16.0. The van der Waals surface area contributed by atoms with Gasteiger partial charge in [0.15, 0.2) is 0 Å². The summed E-state index contributed by atoms with van der Waals surface area (Å²) in [6.07, 6.45) is 4.70. The molecule has 0 radical (unpaired) electrons. The number of ether oxygens (including phenoxy) is 2. The van der Waals surface area contributed by atoms with Gasteiger partial charge in [0.1, 0.15) is 23.9 Å². The van der Waals surface area contributed by atoms with Crippen LogP contribution in [0, 0.1) is 0 Å². The summed E-state index contributed by atoms with van der Waals surface area (Å²) in [6, 6.07) is 13.6. The maximum Gasteiger partial charge on any atom is 0.534 e. The Kier molecular flexibility index (Phi) is 10.2. The molecule has 4 aromatic rings. The summed E-state index contributed by atoms with van der Waals surface area (Å²) in [5, 5.41) is 1.15. The van der Waals surface area contributed by atoms with Gasteiger partial charge in [0.2, 0.25) is 0 Å². The lowest BCUT2D eigenvalue weighted by atomic mass is 10.0. The number of imidazole rings is 1. The number of alkyl halides is 3. The summed E-state index contributed by atoms with van der Waals surface area (Å²) in [7, 11) is -7.10. The van der Waals surface area contributed by atoms with E-state index in [1.165, 1.54) is 18.2 Å². The molecule has 5 rings (SSSR count). The van der Waals surface area contributed by atoms with Crippen LogP contribution in [0.1, 0.15) is 45.5 Å². The van der Waals surface area contributed by atoms with Crippen molar-refractivity contribution in [2.45, 2.75) is 83.2 Å². The Balaban J connectivity index is 1.41. The van der Waals surface area contributed by atoms with Crippen molar-refractivity contribution in [2.75, 3.05) is 13.2 Å². The molecule has 10 nitrogen and oxygen atoms in total. The maximum absolute atomic E-state index is 13.1. The number of fused-ring (bicyclic) bond motifs is 1. The van der Waals surface area contributed by atoms with E-state index in [4.69, 9.17) is 19.4 Å². The van der Waals surface area contributed by atoms with Crippen molar-refractivity contribution in [3.63, 3.8) is 0 Å². The summed E-state index contributed by atoms with van der Waals surface area (Å²) < 4.78 is 79.3. The minimum atomic E-state index is -5.78. The van der Waals surface area contributed by atoms with Crippen LogP contribution < -0.4 is 4.18 Å². The number of benzene rings is 2. The second-order valence-corrected chi connectivity index (χ2v) is 21.4. The Morgan fingerprint density at radius 1 is 0.959 bits per heavy atom. The van der Waals surface area contributed by atoms with Gasteiger partial charge in [0.05, 0.1) is 23.6 Å². The van der Waals surface area contributed by atoms with Crippen LogP contribution in [0.2, 0.25) is 25.7 Å². The number of hydrogen-bond acceptors (Lipinski definition) is 8. The Morgan fingerprint density at radius 3 is 2.31 bits per heavy atom. The van der Waals surface area contributed by atoms with Crippen molar-refractivity contribution in [2.24, 2.45) is 0 Å². The van der Waals surface area contributed by atoms with Gasteiger partial charge in [-0.05, 0) is 80.8 Å². The first-order chi connectivity index (χ1) is 22.8. The molecule has 1 saturated heterocycles. The number of likely N-dealkylation sites (tertiary alicyclic amines) is 1. The molecule has 0 spiro atoms. The molecule has 1 amide bonds. The fourth-order valence-electron chi connectivity index (χ4n) is 5.46. The van der Waals surface area contributed by atoms with Gasteiger partial charge in [0.25, 0.3) is 0 Å². The number of pyridine rings is 1. The van der Waals surface area contributed by atoms with E-state index in [2.05, 4.69) is 23.8 Å². The smallest absolute Gasteiger partial charge is 0.444 e. The maximum atomic E-state index is 13.1. The van der Waals surface area contributed by atoms with E-state index in [0.29, 0.717) is 29.6 Å². The second-order valence-electron chi connectivity index (χ2n) is 14.2. The van der Waals surface area contributed by atoms with Crippen LogP contribution in [0.3, 0.4) is 0 Å². The van der Waals surface area contributed by atoms with E-state index in [0.717, 1.165) is 41.5 Å². The molecule has 1 fully saturated rings. The summed E-state index contributed by atoms with van der Waals surface area (Å²) in [4.78, 5) is 24.3. The third-order valence-corrected chi connectivity index (χ3v) is 10.6. The lowest BCUT2D eigenvalue weighted by Gasteiger charge is -2.29. The third-order valence-electron chi connectivity index (χ3n) is 7.94. The summed E-state index contributed by atoms with van der Waals surface area (Å²) in [5.41, 5.74) is -3.17. The zero-order valence-corrected chi connectivity index (χ0v) is 30.2. The zero-order valence-electron chi connectivity index (χ0n) is 28.4. The average molecular weight is 719 g/mol. The predicted molar refractivity (Wildman–Crippen MR) is 183 cm³/mol. The van der Waals surface area contributed by atoms with Gasteiger partial charge in [-0.25, -0.2) is 9.78 Å². The van der Waals surface area contributed by atoms with Gasteiger partial charge < -0.3 is 18.2 Å². The SMILES string of the molecule is CC(C)(C)OC(=O)N1CCCC1c1ncc(-c2ccc(-c3ccc4cc(OS(=O)(=O)C(F)(F)F)ccc4c3)nc2)n1COCC[Si](C)(C)C. The number of amides is 1. The lowest BCUT2D eigenvalue weighted by molar-refractivity contribution is -0.0500. The highest BCUT2D eigenvalue weighted by Crippen LogP contribution is 2.36. The number of rotatable bonds is 10. The van der Waals surface area contributed by atoms with Crippen molar-refractivity contribution in [1.82, 2.24) is 19.4 Å². The minimum absolute atomic E-state index is 0.260. The number of nitrogens with zero attached hydrogens (tertiary/aromatic N) is 4. The van der Waals surface area contributed by atoms with Gasteiger partial charge in [-0.15, -0.1) is 0 Å². The molecule has 1 aliphatic rings. The molecule has 49 heavy (non-hydrogen) atoms. The van der Waals surface area contributed by atoms with E-state index < -0.39 is 35.1 Å². The number of hydrogen-bond donors (Lipinski definition) is 0.